The molecule has 6 nitrogen and oxygen atoms in total. The minimum absolute atomic E-state index is 0.116. The maximum atomic E-state index is 13.9. The molecule has 15 heteroatoms. The number of carbonyl (C=O) groups excluding carboxylic acids is 2. The molecular formula is C31H37F9N2O4. The normalized spacial score (nSPS) is 14.1. The van der Waals surface area contributed by atoms with Crippen LogP contribution in [0.1, 0.15) is 89.2 Å². The van der Waals surface area contributed by atoms with Crippen LogP contribution in [0.15, 0.2) is 36.4 Å². The van der Waals surface area contributed by atoms with E-state index < -0.39 is 53.3 Å². The quantitative estimate of drug-likeness (QED) is 0.147. The van der Waals surface area contributed by atoms with Crippen molar-refractivity contribution in [3.8, 4) is 11.5 Å². The van der Waals surface area contributed by atoms with E-state index in [1.165, 1.54) is 0 Å². The number of aromatic hydroxyl groups is 1. The van der Waals surface area contributed by atoms with Gasteiger partial charge in [-0.05, 0) is 53.9 Å². The van der Waals surface area contributed by atoms with Gasteiger partial charge in [-0.25, -0.2) is 0 Å². The zero-order valence-corrected chi connectivity index (χ0v) is 26.2. The molecule has 2 aromatic rings. The van der Waals surface area contributed by atoms with Gasteiger partial charge in [-0.1, -0.05) is 60.6 Å². The van der Waals surface area contributed by atoms with E-state index in [4.69, 9.17) is 4.74 Å². The Balaban J connectivity index is 2.30. The Morgan fingerprint density at radius 2 is 1.37 bits per heavy atom. The van der Waals surface area contributed by atoms with Crippen molar-refractivity contribution in [1.29, 1.82) is 0 Å². The van der Waals surface area contributed by atoms with E-state index in [-0.39, 0.29) is 28.3 Å². The number of hydrogen-bond donors (Lipinski definition) is 3. The maximum absolute atomic E-state index is 13.9. The van der Waals surface area contributed by atoms with Gasteiger partial charge in [0, 0.05) is 17.3 Å². The fourth-order valence-electron chi connectivity index (χ4n) is 4.14. The van der Waals surface area contributed by atoms with Gasteiger partial charge >= 0.3 is 24.1 Å². The molecule has 0 saturated carbocycles. The molecule has 0 fully saturated rings. The third kappa shape index (κ3) is 7.65. The van der Waals surface area contributed by atoms with E-state index in [1.54, 1.807) is 13.0 Å². The highest BCUT2D eigenvalue weighted by Crippen LogP contribution is 2.52. The molecule has 3 N–H and O–H groups in total. The third-order valence-electron chi connectivity index (χ3n) is 8.12. The summed E-state index contributed by atoms with van der Waals surface area (Å²) in [5.74, 6) is -18.1. The van der Waals surface area contributed by atoms with Gasteiger partial charge in [0.15, 0.2) is 6.10 Å². The van der Waals surface area contributed by atoms with Gasteiger partial charge in [0.25, 0.3) is 11.8 Å². The monoisotopic (exact) mass is 672 g/mol. The van der Waals surface area contributed by atoms with Crippen molar-refractivity contribution in [3.63, 3.8) is 0 Å². The number of amides is 2. The molecule has 0 aromatic heterocycles. The second-order valence-corrected chi connectivity index (χ2v) is 12.1. The number of benzene rings is 2. The number of phenols is 1. The number of nitrogens with one attached hydrogen (secondary N) is 2. The van der Waals surface area contributed by atoms with Crippen LogP contribution in [0.4, 0.5) is 45.2 Å². The molecule has 2 rings (SSSR count). The Morgan fingerprint density at radius 1 is 0.804 bits per heavy atom. The molecule has 1 unspecified atom stereocenters. The number of phenolic OH excluding ortho intramolecular Hbond substituents is 1. The van der Waals surface area contributed by atoms with Crippen LogP contribution in [0.5, 0.6) is 11.5 Å². The highest BCUT2D eigenvalue weighted by molar-refractivity contribution is 5.99. The molecule has 0 aliphatic heterocycles. The van der Waals surface area contributed by atoms with Gasteiger partial charge in [-0.3, -0.25) is 14.9 Å². The van der Waals surface area contributed by atoms with Crippen LogP contribution in [0.2, 0.25) is 0 Å². The second-order valence-electron chi connectivity index (χ2n) is 12.1. The molecule has 0 radical (unpaired) electrons. The number of carbonyl (C=O) groups is 2. The molecule has 0 aliphatic rings. The van der Waals surface area contributed by atoms with Crippen LogP contribution >= 0.6 is 0 Å². The smallest absolute Gasteiger partial charge is 0.460 e. The summed E-state index contributed by atoms with van der Waals surface area (Å²) in [5.41, 5.74) is 0.0733. The zero-order valence-electron chi connectivity index (χ0n) is 26.2. The number of hydrogen-bond acceptors (Lipinski definition) is 4. The first-order valence-electron chi connectivity index (χ1n) is 14.3. The predicted molar refractivity (Wildman–Crippen MR) is 153 cm³/mol. The largest absolute Gasteiger partial charge is 0.507 e. The van der Waals surface area contributed by atoms with Crippen molar-refractivity contribution in [2.45, 2.75) is 109 Å². The van der Waals surface area contributed by atoms with E-state index in [2.05, 4.69) is 26.1 Å². The summed E-state index contributed by atoms with van der Waals surface area (Å²) in [5, 5.41) is 12.7. The highest BCUT2D eigenvalue weighted by atomic mass is 19.4. The van der Waals surface area contributed by atoms with Crippen molar-refractivity contribution in [2.24, 2.45) is 0 Å². The molecule has 46 heavy (non-hydrogen) atoms. The number of alkyl halides is 9. The van der Waals surface area contributed by atoms with Crippen LogP contribution in [-0.4, -0.2) is 47.1 Å². The lowest BCUT2D eigenvalue weighted by Crippen LogP contribution is -2.66. The standard InChI is InChI=1S/C31H37F9N2O4/c1-8-22(46-23-14-11-17(26(4,5)9-2)15-20(23)27(6,7)10-3)25(45)41-18-12-13-19(21(43)16-18)24(44)42-31(39,40)29(34,35)28(32,33)30(36,37)38/h11-16,22,43H,8-10H2,1-7H3,(H,41,45)(H,42,44). The van der Waals surface area contributed by atoms with Crippen molar-refractivity contribution in [3.05, 3.63) is 53.1 Å². The van der Waals surface area contributed by atoms with E-state index in [0.717, 1.165) is 30.0 Å². The summed E-state index contributed by atoms with van der Waals surface area (Å²) < 4.78 is 124. The molecule has 2 amide bonds. The summed E-state index contributed by atoms with van der Waals surface area (Å²) in [6.07, 6.45) is -6.38. The van der Waals surface area contributed by atoms with Gasteiger partial charge < -0.3 is 15.2 Å². The Kier molecular flexibility index (Phi) is 11.1. The van der Waals surface area contributed by atoms with Crippen LogP contribution in [0, 0.1) is 0 Å². The zero-order chi connectivity index (χ0) is 35.7. The lowest BCUT2D eigenvalue weighted by Gasteiger charge is -2.33. The number of halogens is 9. The van der Waals surface area contributed by atoms with Crippen LogP contribution in [-0.2, 0) is 15.6 Å². The third-order valence-corrected chi connectivity index (χ3v) is 8.12. The lowest BCUT2D eigenvalue weighted by molar-refractivity contribution is -0.398. The van der Waals surface area contributed by atoms with Crippen LogP contribution < -0.4 is 15.4 Å². The second kappa shape index (κ2) is 13.2. The Hall–Kier alpha value is -3.65. The van der Waals surface area contributed by atoms with Gasteiger partial charge in [-0.15, -0.1) is 0 Å². The van der Waals surface area contributed by atoms with Crippen LogP contribution in [0.3, 0.4) is 0 Å². The van der Waals surface area contributed by atoms with Crippen LogP contribution in [0.25, 0.3) is 0 Å². The Morgan fingerprint density at radius 3 is 1.85 bits per heavy atom. The van der Waals surface area contributed by atoms with Crippen molar-refractivity contribution >= 4 is 17.5 Å². The van der Waals surface area contributed by atoms with Crippen molar-refractivity contribution in [1.82, 2.24) is 5.32 Å². The van der Waals surface area contributed by atoms with Gasteiger partial charge in [0.2, 0.25) is 0 Å². The maximum Gasteiger partial charge on any atom is 0.460 e. The summed E-state index contributed by atoms with van der Waals surface area (Å²) in [6.45, 7) is 14.0. The van der Waals surface area contributed by atoms with E-state index in [1.807, 2.05) is 32.9 Å². The van der Waals surface area contributed by atoms with Gasteiger partial charge in [0.1, 0.15) is 11.5 Å². The molecule has 2 aromatic carbocycles. The topological polar surface area (TPSA) is 87.7 Å². The Bertz CT molecular complexity index is 1420. The SMILES string of the molecule is CCC(Oc1ccc(C(C)(C)CC)cc1C(C)(C)CC)C(=O)Nc1ccc(C(=O)NC(F)(F)C(F)(F)C(F)(F)C(F)(F)F)c(O)c1. The molecule has 1 atom stereocenters. The predicted octanol–water partition coefficient (Wildman–Crippen LogP) is 8.72. The van der Waals surface area contributed by atoms with E-state index in [9.17, 15) is 54.2 Å². The fraction of sp³-hybridized carbons (Fsp3) is 0.548. The summed E-state index contributed by atoms with van der Waals surface area (Å²) in [4.78, 5) is 25.2. The van der Waals surface area contributed by atoms with Gasteiger partial charge in [0.05, 0.1) is 5.56 Å². The highest BCUT2D eigenvalue weighted by Gasteiger charge is 2.82. The van der Waals surface area contributed by atoms with Crippen molar-refractivity contribution in [2.75, 3.05) is 5.32 Å². The average molecular weight is 673 g/mol. The average Bonchev–Trinajstić information content (AvgIpc) is 2.94. The minimum Gasteiger partial charge on any atom is -0.507 e. The Labute approximate surface area is 260 Å². The first-order chi connectivity index (χ1) is 20.8. The molecule has 258 valence electrons. The molecule has 0 heterocycles. The summed E-state index contributed by atoms with van der Waals surface area (Å²) >= 11 is 0. The molecule has 0 spiro atoms. The minimum atomic E-state index is -7.22. The molecule has 0 aliphatic carbocycles. The van der Waals surface area contributed by atoms with E-state index >= 15 is 0 Å². The molecule has 0 saturated heterocycles. The molecule has 0 bridgehead atoms. The number of ether oxygens (including phenoxy) is 1. The molecular weight excluding hydrogens is 635 g/mol. The van der Waals surface area contributed by atoms with E-state index in [0.29, 0.717) is 17.9 Å². The summed E-state index contributed by atoms with van der Waals surface area (Å²) in [7, 11) is 0. The number of anilines is 1. The first-order valence-corrected chi connectivity index (χ1v) is 14.3. The fourth-order valence-corrected chi connectivity index (χ4v) is 4.14. The number of rotatable bonds is 13. The van der Waals surface area contributed by atoms with Crippen molar-refractivity contribution < 1.29 is 58.9 Å². The first kappa shape index (κ1) is 38.5. The van der Waals surface area contributed by atoms with Gasteiger partial charge in [-0.2, -0.15) is 39.5 Å². The lowest BCUT2D eigenvalue weighted by atomic mass is 9.76. The summed E-state index contributed by atoms with van der Waals surface area (Å²) in [6, 6.07) is 1.43.